The molecule has 0 N–H and O–H groups in total. The molecule has 0 radical (unpaired) electrons. The van der Waals surface area contributed by atoms with Crippen LogP contribution in [-0.4, -0.2) is 19.2 Å². The van der Waals surface area contributed by atoms with E-state index in [1.165, 1.54) is 57.1 Å². The third-order valence-corrected chi connectivity index (χ3v) is 6.22. The molecule has 0 spiro atoms. The highest BCUT2D eigenvalue weighted by Gasteiger charge is 2.23. The van der Waals surface area contributed by atoms with Gasteiger partial charge in [0.25, 0.3) is 0 Å². The van der Waals surface area contributed by atoms with E-state index < -0.39 is 11.8 Å². The fourth-order valence-corrected chi connectivity index (χ4v) is 4.62. The Hall–Kier alpha value is -2.56. The van der Waals surface area contributed by atoms with Gasteiger partial charge in [0.1, 0.15) is 11.5 Å². The summed E-state index contributed by atoms with van der Waals surface area (Å²) >= 11 is 0. The first-order valence-electron chi connectivity index (χ1n) is 12.0. The van der Waals surface area contributed by atoms with Crippen LogP contribution in [0.15, 0.2) is 42.5 Å². The van der Waals surface area contributed by atoms with Crippen LogP contribution in [0.3, 0.4) is 0 Å². The van der Waals surface area contributed by atoms with Gasteiger partial charge >= 0.3 is 5.97 Å². The lowest BCUT2D eigenvalue weighted by Crippen LogP contribution is -2.20. The Bertz CT molecular complexity index is 847. The summed E-state index contributed by atoms with van der Waals surface area (Å²) in [4.78, 5) is 12.3. The molecule has 0 saturated heterocycles. The van der Waals surface area contributed by atoms with Gasteiger partial charge in [-0.15, -0.1) is 0 Å². The normalized spacial score (nSPS) is 18.2. The molecular formula is C27H35FO4. The maximum atomic E-state index is 14.0. The third-order valence-electron chi connectivity index (χ3n) is 6.22. The van der Waals surface area contributed by atoms with E-state index in [2.05, 4.69) is 6.92 Å². The van der Waals surface area contributed by atoms with Gasteiger partial charge in [0.15, 0.2) is 11.6 Å². The Balaban J connectivity index is 1.43. The highest BCUT2D eigenvalue weighted by molar-refractivity contribution is 5.91. The second kappa shape index (κ2) is 12.5. The fourth-order valence-electron chi connectivity index (χ4n) is 4.62. The van der Waals surface area contributed by atoms with Crippen molar-refractivity contribution < 1.29 is 23.4 Å². The van der Waals surface area contributed by atoms with Crippen molar-refractivity contribution in [2.75, 3.05) is 13.2 Å². The Morgan fingerprint density at radius 3 is 2.28 bits per heavy atom. The number of hydrogen-bond donors (Lipinski definition) is 0. The molecule has 1 fully saturated rings. The molecule has 4 nitrogen and oxygen atoms in total. The van der Waals surface area contributed by atoms with E-state index in [0.717, 1.165) is 30.1 Å². The molecule has 1 saturated carbocycles. The molecule has 2 aromatic carbocycles. The summed E-state index contributed by atoms with van der Waals surface area (Å²) in [7, 11) is 0. The average Bonchev–Trinajstić information content (AvgIpc) is 2.80. The fraction of sp³-hybridized carbons (Fsp3) is 0.519. The molecule has 0 aromatic heterocycles. The maximum Gasteiger partial charge on any atom is 0.343 e. The van der Waals surface area contributed by atoms with Gasteiger partial charge in [-0.1, -0.05) is 45.4 Å². The third kappa shape index (κ3) is 6.98. The average molecular weight is 443 g/mol. The first-order chi connectivity index (χ1) is 15.6. The van der Waals surface area contributed by atoms with Crippen LogP contribution in [0.2, 0.25) is 0 Å². The molecule has 0 bridgehead atoms. The number of halogens is 1. The van der Waals surface area contributed by atoms with E-state index >= 15 is 0 Å². The molecule has 2 atom stereocenters. The molecule has 1 aliphatic rings. The quantitative estimate of drug-likeness (QED) is 0.209. The van der Waals surface area contributed by atoms with E-state index in [1.54, 1.807) is 31.2 Å². The van der Waals surface area contributed by atoms with Crippen LogP contribution in [0.25, 0.3) is 0 Å². The van der Waals surface area contributed by atoms with Crippen LogP contribution < -0.4 is 14.2 Å². The zero-order valence-electron chi connectivity index (χ0n) is 19.3. The first-order valence-corrected chi connectivity index (χ1v) is 12.0. The lowest BCUT2D eigenvalue weighted by atomic mass is 9.75. The number of hydrogen-bond acceptors (Lipinski definition) is 4. The van der Waals surface area contributed by atoms with Crippen molar-refractivity contribution in [3.05, 3.63) is 53.8 Å². The lowest BCUT2D eigenvalue weighted by molar-refractivity contribution is 0.0734. The molecule has 2 aromatic rings. The number of rotatable bonds is 11. The Morgan fingerprint density at radius 2 is 1.62 bits per heavy atom. The summed E-state index contributed by atoms with van der Waals surface area (Å²) < 4.78 is 30.4. The minimum atomic E-state index is -0.616. The van der Waals surface area contributed by atoms with Crippen molar-refractivity contribution in [1.82, 2.24) is 0 Å². The van der Waals surface area contributed by atoms with E-state index in [9.17, 15) is 9.18 Å². The van der Waals surface area contributed by atoms with Crippen LogP contribution in [-0.2, 0) is 0 Å². The van der Waals surface area contributed by atoms with Gasteiger partial charge < -0.3 is 14.2 Å². The second-order valence-electron chi connectivity index (χ2n) is 8.52. The number of carbonyl (C=O) groups excluding carboxylic acids is 1. The standard InChI is InChI=1S/C27H35FO4/c1-3-8-20-9-5-6-10-21(20)11-7-18-31-23-13-15-24(16-14-23)32-27(29)22-12-17-26(30-4-2)25(28)19-22/h12-17,19-21H,3-11,18H2,1-2H3. The molecule has 0 amide bonds. The van der Waals surface area contributed by atoms with Crippen molar-refractivity contribution in [2.24, 2.45) is 11.8 Å². The van der Waals surface area contributed by atoms with Crippen molar-refractivity contribution >= 4 is 5.97 Å². The van der Waals surface area contributed by atoms with Crippen LogP contribution >= 0.6 is 0 Å². The Morgan fingerprint density at radius 1 is 0.938 bits per heavy atom. The summed E-state index contributed by atoms with van der Waals surface area (Å²) in [5.41, 5.74) is 0.135. The summed E-state index contributed by atoms with van der Waals surface area (Å²) in [6, 6.07) is 11.0. The van der Waals surface area contributed by atoms with Gasteiger partial charge in [-0.25, -0.2) is 9.18 Å². The zero-order valence-corrected chi connectivity index (χ0v) is 19.3. The van der Waals surface area contributed by atoms with Crippen LogP contribution in [0.5, 0.6) is 17.2 Å². The van der Waals surface area contributed by atoms with Crippen molar-refractivity contribution in [1.29, 1.82) is 0 Å². The molecule has 0 aliphatic heterocycles. The van der Waals surface area contributed by atoms with E-state index in [-0.39, 0.29) is 11.3 Å². The summed E-state index contributed by atoms with van der Waals surface area (Å²) in [6.07, 6.45) is 10.4. The highest BCUT2D eigenvalue weighted by atomic mass is 19.1. The monoisotopic (exact) mass is 442 g/mol. The Labute approximate surface area is 191 Å². The van der Waals surface area contributed by atoms with Crippen molar-refractivity contribution in [2.45, 2.75) is 65.2 Å². The van der Waals surface area contributed by atoms with Crippen LogP contribution in [0.1, 0.15) is 75.6 Å². The molecule has 1 aliphatic carbocycles. The van der Waals surface area contributed by atoms with Crippen LogP contribution in [0.4, 0.5) is 4.39 Å². The molecular weight excluding hydrogens is 407 g/mol. The largest absolute Gasteiger partial charge is 0.494 e. The van der Waals surface area contributed by atoms with Crippen molar-refractivity contribution in [3.63, 3.8) is 0 Å². The van der Waals surface area contributed by atoms with Gasteiger partial charge in [-0.3, -0.25) is 0 Å². The second-order valence-corrected chi connectivity index (χ2v) is 8.52. The molecule has 32 heavy (non-hydrogen) atoms. The number of esters is 1. The summed E-state index contributed by atoms with van der Waals surface area (Å²) in [5.74, 6) is 1.81. The van der Waals surface area contributed by atoms with Crippen LogP contribution in [0, 0.1) is 17.7 Å². The Kier molecular flexibility index (Phi) is 9.39. The smallest absolute Gasteiger partial charge is 0.343 e. The minimum Gasteiger partial charge on any atom is -0.494 e. The number of carbonyl (C=O) groups is 1. The lowest BCUT2D eigenvalue weighted by Gasteiger charge is -2.31. The van der Waals surface area contributed by atoms with Gasteiger partial charge in [-0.05, 0) is 74.1 Å². The molecule has 0 heterocycles. The summed E-state index contributed by atoms with van der Waals surface area (Å²) in [6.45, 7) is 5.11. The predicted molar refractivity (Wildman–Crippen MR) is 124 cm³/mol. The SMILES string of the molecule is CCCC1CCCCC1CCCOc1ccc(OC(=O)c2ccc(OCC)c(F)c2)cc1. The summed E-state index contributed by atoms with van der Waals surface area (Å²) in [5, 5.41) is 0. The van der Waals surface area contributed by atoms with E-state index in [1.807, 2.05) is 0 Å². The molecule has 3 rings (SSSR count). The minimum absolute atomic E-state index is 0.120. The molecule has 174 valence electrons. The predicted octanol–water partition coefficient (Wildman–Crippen LogP) is 7.21. The van der Waals surface area contributed by atoms with Gasteiger partial charge in [0.05, 0.1) is 18.8 Å². The van der Waals surface area contributed by atoms with E-state index in [4.69, 9.17) is 14.2 Å². The van der Waals surface area contributed by atoms with E-state index in [0.29, 0.717) is 19.0 Å². The molecule has 5 heteroatoms. The maximum absolute atomic E-state index is 14.0. The zero-order chi connectivity index (χ0) is 22.8. The number of benzene rings is 2. The highest BCUT2D eigenvalue weighted by Crippen LogP contribution is 2.36. The van der Waals surface area contributed by atoms with Gasteiger partial charge in [0, 0.05) is 0 Å². The number of ether oxygens (including phenoxy) is 3. The van der Waals surface area contributed by atoms with Crippen molar-refractivity contribution in [3.8, 4) is 17.2 Å². The van der Waals surface area contributed by atoms with Gasteiger partial charge in [-0.2, -0.15) is 0 Å². The molecule has 2 unspecified atom stereocenters. The van der Waals surface area contributed by atoms with Gasteiger partial charge in [0.2, 0.25) is 0 Å². The first kappa shape index (κ1) is 24.1. The topological polar surface area (TPSA) is 44.8 Å².